The molecule has 0 saturated heterocycles. The highest BCUT2D eigenvalue weighted by Crippen LogP contribution is 2.25. The number of ether oxygens (including phenoxy) is 1. The van der Waals surface area contributed by atoms with Gasteiger partial charge in [0.15, 0.2) is 0 Å². The Morgan fingerprint density at radius 2 is 1.79 bits per heavy atom. The summed E-state index contributed by atoms with van der Waals surface area (Å²) in [5.41, 5.74) is 1.78. The maximum Gasteiger partial charge on any atom is 0.229 e. The van der Waals surface area contributed by atoms with Crippen LogP contribution in [0.25, 0.3) is 0 Å². The van der Waals surface area contributed by atoms with Crippen LogP contribution in [0.3, 0.4) is 0 Å². The number of rotatable bonds is 6. The van der Waals surface area contributed by atoms with Crippen molar-refractivity contribution in [2.45, 2.75) is 19.9 Å². The molecule has 2 amide bonds. The monoisotopic (exact) mass is 330 g/mol. The van der Waals surface area contributed by atoms with Gasteiger partial charge in [-0.05, 0) is 48.4 Å². The summed E-state index contributed by atoms with van der Waals surface area (Å²) in [6, 6.07) is 11.3. The van der Waals surface area contributed by atoms with E-state index in [1.807, 2.05) is 19.1 Å². The van der Waals surface area contributed by atoms with Gasteiger partial charge in [-0.1, -0.05) is 12.1 Å². The Kier molecular flexibility index (Phi) is 5.89. The first-order valence-corrected chi connectivity index (χ1v) is 7.48. The number of hydrogen-bond acceptors (Lipinski definition) is 3. The van der Waals surface area contributed by atoms with E-state index < -0.39 is 0 Å². The molecule has 6 heteroatoms. The number of nitrogens with one attached hydrogen (secondary N) is 2. The molecule has 2 aromatic carbocycles. The highest BCUT2D eigenvalue weighted by atomic mass is 19.1. The number of carbonyl (C=O) groups excluding carboxylic acids is 2. The third-order valence-electron chi connectivity index (χ3n) is 3.37. The minimum absolute atomic E-state index is 0.193. The fraction of sp³-hybridized carbons (Fsp3) is 0.222. The summed E-state index contributed by atoms with van der Waals surface area (Å²) in [6.45, 7) is 2.21. The second-order valence-corrected chi connectivity index (χ2v) is 5.28. The van der Waals surface area contributed by atoms with Crippen molar-refractivity contribution in [2.75, 3.05) is 7.05 Å². The van der Waals surface area contributed by atoms with E-state index in [-0.39, 0.29) is 24.1 Å². The van der Waals surface area contributed by atoms with E-state index in [1.54, 1.807) is 18.2 Å². The molecule has 0 aliphatic heterocycles. The van der Waals surface area contributed by atoms with Crippen molar-refractivity contribution in [2.24, 2.45) is 0 Å². The number of halogens is 1. The Hall–Kier alpha value is -2.89. The van der Waals surface area contributed by atoms with Crippen LogP contribution in [0.4, 0.5) is 4.39 Å². The molecule has 0 aromatic heterocycles. The number of amides is 2. The first-order chi connectivity index (χ1) is 11.5. The Bertz CT molecular complexity index is 730. The third-order valence-corrected chi connectivity index (χ3v) is 3.37. The second kappa shape index (κ2) is 8.10. The largest absolute Gasteiger partial charge is 0.457 e. The van der Waals surface area contributed by atoms with Crippen LogP contribution in [0.1, 0.15) is 17.5 Å². The van der Waals surface area contributed by atoms with E-state index in [9.17, 15) is 14.0 Å². The summed E-state index contributed by atoms with van der Waals surface area (Å²) in [6.07, 6.45) is -0.193. The van der Waals surface area contributed by atoms with Crippen molar-refractivity contribution >= 4 is 11.8 Å². The predicted octanol–water partition coefficient (Wildman–Crippen LogP) is 2.68. The van der Waals surface area contributed by atoms with Crippen LogP contribution in [0.2, 0.25) is 0 Å². The molecule has 0 fully saturated rings. The van der Waals surface area contributed by atoms with Crippen LogP contribution in [0.15, 0.2) is 42.5 Å². The lowest BCUT2D eigenvalue weighted by Crippen LogP contribution is -2.29. The van der Waals surface area contributed by atoms with Crippen LogP contribution >= 0.6 is 0 Å². The predicted molar refractivity (Wildman–Crippen MR) is 88.2 cm³/mol. The molecule has 0 spiro atoms. The number of aryl methyl sites for hydroxylation is 1. The van der Waals surface area contributed by atoms with Crippen LogP contribution in [0.5, 0.6) is 11.5 Å². The van der Waals surface area contributed by atoms with E-state index in [0.717, 1.165) is 11.1 Å². The lowest BCUT2D eigenvalue weighted by molar-refractivity contribution is -0.129. The summed E-state index contributed by atoms with van der Waals surface area (Å²) in [5, 5.41) is 5.08. The van der Waals surface area contributed by atoms with Gasteiger partial charge in [0.05, 0.1) is 0 Å². The van der Waals surface area contributed by atoms with Crippen molar-refractivity contribution in [1.82, 2.24) is 10.6 Å². The van der Waals surface area contributed by atoms with Crippen molar-refractivity contribution in [3.8, 4) is 11.5 Å². The summed E-state index contributed by atoms with van der Waals surface area (Å²) in [5.74, 6) is 0.223. The van der Waals surface area contributed by atoms with Gasteiger partial charge >= 0.3 is 0 Å². The van der Waals surface area contributed by atoms with Gasteiger partial charge < -0.3 is 15.4 Å². The average Bonchev–Trinajstić information content (AvgIpc) is 2.57. The lowest BCUT2D eigenvalue weighted by Gasteiger charge is -2.11. The van der Waals surface area contributed by atoms with E-state index in [0.29, 0.717) is 18.0 Å². The highest BCUT2D eigenvalue weighted by Gasteiger charge is 2.08. The van der Waals surface area contributed by atoms with Crippen LogP contribution in [-0.2, 0) is 16.1 Å². The lowest BCUT2D eigenvalue weighted by atomic mass is 10.1. The van der Waals surface area contributed by atoms with E-state index in [2.05, 4.69) is 10.6 Å². The minimum Gasteiger partial charge on any atom is -0.457 e. The first-order valence-electron chi connectivity index (χ1n) is 7.48. The maximum atomic E-state index is 12.9. The molecule has 5 nitrogen and oxygen atoms in total. The summed E-state index contributed by atoms with van der Waals surface area (Å²) >= 11 is 0. The zero-order valence-corrected chi connectivity index (χ0v) is 13.6. The molecule has 2 N–H and O–H groups in total. The molecule has 0 aliphatic carbocycles. The number of carbonyl (C=O) groups is 2. The van der Waals surface area contributed by atoms with Crippen molar-refractivity contribution < 1.29 is 18.7 Å². The van der Waals surface area contributed by atoms with E-state index in [4.69, 9.17) is 4.74 Å². The molecule has 0 saturated carbocycles. The van der Waals surface area contributed by atoms with Crippen LogP contribution in [0, 0.1) is 12.7 Å². The molecule has 24 heavy (non-hydrogen) atoms. The van der Waals surface area contributed by atoms with Gasteiger partial charge in [-0.15, -0.1) is 0 Å². The van der Waals surface area contributed by atoms with Gasteiger partial charge in [-0.2, -0.15) is 0 Å². The molecule has 2 rings (SSSR count). The molecule has 0 unspecified atom stereocenters. The van der Waals surface area contributed by atoms with Crippen LogP contribution < -0.4 is 15.4 Å². The molecule has 0 heterocycles. The van der Waals surface area contributed by atoms with Gasteiger partial charge in [0, 0.05) is 13.6 Å². The molecular formula is C18H19FN2O3. The Morgan fingerprint density at radius 3 is 2.42 bits per heavy atom. The molecule has 0 bridgehead atoms. The summed E-state index contributed by atoms with van der Waals surface area (Å²) < 4.78 is 18.6. The fourth-order valence-corrected chi connectivity index (χ4v) is 2.06. The van der Waals surface area contributed by atoms with Crippen molar-refractivity contribution in [1.29, 1.82) is 0 Å². The smallest absolute Gasteiger partial charge is 0.229 e. The van der Waals surface area contributed by atoms with Gasteiger partial charge in [0.25, 0.3) is 0 Å². The third kappa shape index (κ3) is 5.08. The maximum absolute atomic E-state index is 12.9. The molecule has 126 valence electrons. The number of hydrogen-bond donors (Lipinski definition) is 2. The standard InChI is InChI=1S/C18H19FN2O3/c1-12-9-13(11-21-18(23)10-17(22)20-2)3-8-16(12)24-15-6-4-14(19)5-7-15/h3-9H,10-11H2,1-2H3,(H,20,22)(H,21,23). The van der Waals surface area contributed by atoms with Crippen molar-refractivity contribution in [3.05, 3.63) is 59.4 Å². The quantitative estimate of drug-likeness (QED) is 0.800. The zero-order chi connectivity index (χ0) is 17.5. The highest BCUT2D eigenvalue weighted by molar-refractivity contribution is 5.96. The van der Waals surface area contributed by atoms with Crippen molar-refractivity contribution in [3.63, 3.8) is 0 Å². The molecule has 2 aromatic rings. The topological polar surface area (TPSA) is 67.4 Å². The minimum atomic E-state index is -0.335. The average molecular weight is 330 g/mol. The molecule has 0 aliphatic rings. The van der Waals surface area contributed by atoms with Gasteiger partial charge in [-0.25, -0.2) is 4.39 Å². The first kappa shape index (κ1) is 17.5. The van der Waals surface area contributed by atoms with Gasteiger partial charge in [0.2, 0.25) is 11.8 Å². The Labute approximate surface area is 139 Å². The second-order valence-electron chi connectivity index (χ2n) is 5.28. The molecule has 0 atom stereocenters. The summed E-state index contributed by atoms with van der Waals surface area (Å²) in [4.78, 5) is 22.7. The van der Waals surface area contributed by atoms with Crippen LogP contribution in [-0.4, -0.2) is 18.9 Å². The normalized spacial score (nSPS) is 10.1. The summed E-state index contributed by atoms with van der Waals surface area (Å²) in [7, 11) is 1.48. The SMILES string of the molecule is CNC(=O)CC(=O)NCc1ccc(Oc2ccc(F)cc2)c(C)c1. The fourth-order valence-electron chi connectivity index (χ4n) is 2.06. The van der Waals surface area contributed by atoms with Gasteiger partial charge in [-0.3, -0.25) is 9.59 Å². The molecule has 0 radical (unpaired) electrons. The Balaban J connectivity index is 1.95. The van der Waals surface area contributed by atoms with E-state index >= 15 is 0 Å². The molecular weight excluding hydrogens is 311 g/mol. The Morgan fingerprint density at radius 1 is 1.08 bits per heavy atom. The van der Waals surface area contributed by atoms with Gasteiger partial charge in [0.1, 0.15) is 23.7 Å². The number of benzene rings is 2. The van der Waals surface area contributed by atoms with E-state index in [1.165, 1.54) is 19.2 Å². The zero-order valence-electron chi connectivity index (χ0n) is 13.6.